The van der Waals surface area contributed by atoms with Crippen molar-refractivity contribution in [2.45, 2.75) is 0 Å². The summed E-state index contributed by atoms with van der Waals surface area (Å²) < 4.78 is 6.74. The quantitative estimate of drug-likeness (QED) is 0.579. The van der Waals surface area contributed by atoms with Crippen molar-refractivity contribution in [2.24, 2.45) is 0 Å². The van der Waals surface area contributed by atoms with Crippen LogP contribution in [0.3, 0.4) is 0 Å². The van der Waals surface area contributed by atoms with Crippen LogP contribution < -0.4 is 4.74 Å². The fourth-order valence-corrected chi connectivity index (χ4v) is 1.46. The molecule has 0 saturated carbocycles. The van der Waals surface area contributed by atoms with E-state index in [0.717, 1.165) is 16.8 Å². The highest BCUT2D eigenvalue weighted by atomic mass is 16.5. The molecule has 6 nitrogen and oxygen atoms in total. The number of ether oxygens (including phenoxy) is 1. The standard InChI is InChI=1S/C9H7N5O/c1-15-6-2-3-8-7(4-6)12-13-9-10-5-11-14(8)9/h2-5H,1H3. The van der Waals surface area contributed by atoms with Crippen molar-refractivity contribution >= 4 is 16.8 Å². The van der Waals surface area contributed by atoms with E-state index in [1.807, 2.05) is 18.2 Å². The van der Waals surface area contributed by atoms with Crippen LogP contribution in [0.4, 0.5) is 0 Å². The van der Waals surface area contributed by atoms with Crippen molar-refractivity contribution in [3.05, 3.63) is 24.5 Å². The van der Waals surface area contributed by atoms with E-state index in [2.05, 4.69) is 20.3 Å². The van der Waals surface area contributed by atoms with Gasteiger partial charge in [0.15, 0.2) is 0 Å². The molecule has 3 aromatic rings. The number of methoxy groups -OCH3 is 1. The highest BCUT2D eigenvalue weighted by molar-refractivity contribution is 5.77. The lowest BCUT2D eigenvalue weighted by Crippen LogP contribution is -1.96. The van der Waals surface area contributed by atoms with Crippen LogP contribution in [-0.4, -0.2) is 31.9 Å². The Kier molecular flexibility index (Phi) is 1.55. The predicted octanol–water partition coefficient (Wildman–Crippen LogP) is 0.681. The minimum absolute atomic E-state index is 0.493. The van der Waals surface area contributed by atoms with Crippen molar-refractivity contribution in [1.82, 2.24) is 24.8 Å². The van der Waals surface area contributed by atoms with E-state index in [4.69, 9.17) is 4.74 Å². The number of aromatic nitrogens is 5. The van der Waals surface area contributed by atoms with Crippen molar-refractivity contribution < 1.29 is 4.74 Å². The summed E-state index contributed by atoms with van der Waals surface area (Å²) in [5.74, 6) is 1.24. The first-order chi connectivity index (χ1) is 7.38. The number of rotatable bonds is 1. The Morgan fingerprint density at radius 1 is 1.27 bits per heavy atom. The maximum Gasteiger partial charge on any atom is 0.272 e. The van der Waals surface area contributed by atoms with Gasteiger partial charge in [-0.1, -0.05) is 0 Å². The molecule has 6 heteroatoms. The Bertz CT molecular complexity index is 633. The second kappa shape index (κ2) is 2.88. The molecule has 0 aliphatic rings. The number of nitrogens with zero attached hydrogens (tertiary/aromatic N) is 5. The monoisotopic (exact) mass is 201 g/mol. The molecule has 0 radical (unpaired) electrons. The van der Waals surface area contributed by atoms with Gasteiger partial charge in [0.05, 0.1) is 12.6 Å². The van der Waals surface area contributed by atoms with Gasteiger partial charge in [0.1, 0.15) is 17.6 Å². The normalized spacial score (nSPS) is 11.0. The van der Waals surface area contributed by atoms with Gasteiger partial charge in [0.2, 0.25) is 0 Å². The molecule has 0 bridgehead atoms. The van der Waals surface area contributed by atoms with Gasteiger partial charge in [-0.2, -0.15) is 14.6 Å². The van der Waals surface area contributed by atoms with Crippen molar-refractivity contribution in [2.75, 3.05) is 7.11 Å². The molecule has 0 N–H and O–H groups in total. The zero-order valence-electron chi connectivity index (χ0n) is 7.95. The lowest BCUT2D eigenvalue weighted by molar-refractivity contribution is 0.415. The Hall–Kier alpha value is -2.24. The molecule has 0 saturated heterocycles. The summed E-state index contributed by atoms with van der Waals surface area (Å²) in [5, 5.41) is 12.0. The molecule has 74 valence electrons. The molecular weight excluding hydrogens is 194 g/mol. The maximum atomic E-state index is 5.10. The zero-order chi connectivity index (χ0) is 10.3. The molecule has 1 aromatic carbocycles. The van der Waals surface area contributed by atoms with E-state index in [-0.39, 0.29) is 0 Å². The van der Waals surface area contributed by atoms with Crippen LogP contribution in [0.15, 0.2) is 24.5 Å². The summed E-state index contributed by atoms with van der Waals surface area (Å²) in [6.45, 7) is 0. The van der Waals surface area contributed by atoms with E-state index in [1.54, 1.807) is 11.6 Å². The summed E-state index contributed by atoms with van der Waals surface area (Å²) in [6, 6.07) is 5.54. The van der Waals surface area contributed by atoms with Gasteiger partial charge in [-0.25, -0.2) is 0 Å². The second-order valence-corrected chi connectivity index (χ2v) is 3.03. The third-order valence-corrected chi connectivity index (χ3v) is 2.19. The van der Waals surface area contributed by atoms with Crippen LogP contribution in [0.5, 0.6) is 5.75 Å². The molecular formula is C9H7N5O. The lowest BCUT2D eigenvalue weighted by Gasteiger charge is -2.01. The Balaban J connectivity index is 2.44. The third kappa shape index (κ3) is 1.11. The fraction of sp³-hybridized carbons (Fsp3) is 0.111. The number of hydrogen-bond donors (Lipinski definition) is 0. The van der Waals surface area contributed by atoms with E-state index in [9.17, 15) is 0 Å². The summed E-state index contributed by atoms with van der Waals surface area (Å²) in [4.78, 5) is 3.96. The van der Waals surface area contributed by atoms with Gasteiger partial charge in [-0.3, -0.25) is 0 Å². The van der Waals surface area contributed by atoms with E-state index >= 15 is 0 Å². The smallest absolute Gasteiger partial charge is 0.272 e. The highest BCUT2D eigenvalue weighted by Crippen LogP contribution is 2.17. The lowest BCUT2D eigenvalue weighted by atomic mass is 10.3. The topological polar surface area (TPSA) is 65.2 Å². The molecule has 2 heterocycles. The molecule has 0 unspecified atom stereocenters. The summed E-state index contributed by atoms with van der Waals surface area (Å²) >= 11 is 0. The number of fused-ring (bicyclic) bond motifs is 3. The molecule has 0 aliphatic carbocycles. The SMILES string of the molecule is COc1ccc2c(c1)nnc1ncnn12. The molecule has 0 aliphatic heterocycles. The molecule has 0 atom stereocenters. The Morgan fingerprint density at radius 3 is 3.07 bits per heavy atom. The van der Waals surface area contributed by atoms with Crippen LogP contribution >= 0.6 is 0 Å². The van der Waals surface area contributed by atoms with E-state index < -0.39 is 0 Å². The van der Waals surface area contributed by atoms with Gasteiger partial charge in [0.25, 0.3) is 5.78 Å². The summed E-state index contributed by atoms with van der Waals surface area (Å²) in [5.41, 5.74) is 1.59. The van der Waals surface area contributed by atoms with Crippen molar-refractivity contribution in [3.8, 4) is 5.75 Å². The highest BCUT2D eigenvalue weighted by Gasteiger charge is 2.04. The molecule has 15 heavy (non-hydrogen) atoms. The summed E-state index contributed by atoms with van der Waals surface area (Å²) in [7, 11) is 1.61. The van der Waals surface area contributed by atoms with Gasteiger partial charge < -0.3 is 4.74 Å². The minimum Gasteiger partial charge on any atom is -0.497 e. The fourth-order valence-electron chi connectivity index (χ4n) is 1.46. The minimum atomic E-state index is 0.493. The zero-order valence-corrected chi connectivity index (χ0v) is 7.95. The van der Waals surface area contributed by atoms with Gasteiger partial charge >= 0.3 is 0 Å². The molecule has 2 aromatic heterocycles. The molecule has 0 fully saturated rings. The van der Waals surface area contributed by atoms with Gasteiger partial charge in [-0.05, 0) is 12.1 Å². The largest absolute Gasteiger partial charge is 0.497 e. The first-order valence-electron chi connectivity index (χ1n) is 4.38. The summed E-state index contributed by atoms with van der Waals surface area (Å²) in [6.07, 6.45) is 1.45. The van der Waals surface area contributed by atoms with Crippen molar-refractivity contribution in [3.63, 3.8) is 0 Å². The molecule has 0 spiro atoms. The van der Waals surface area contributed by atoms with Crippen LogP contribution in [0.1, 0.15) is 0 Å². The molecule has 3 rings (SSSR count). The third-order valence-electron chi connectivity index (χ3n) is 2.19. The first-order valence-corrected chi connectivity index (χ1v) is 4.38. The first kappa shape index (κ1) is 8.10. The number of benzene rings is 1. The van der Waals surface area contributed by atoms with Crippen molar-refractivity contribution in [1.29, 1.82) is 0 Å². The Morgan fingerprint density at radius 2 is 2.20 bits per heavy atom. The predicted molar refractivity (Wildman–Crippen MR) is 52.6 cm³/mol. The van der Waals surface area contributed by atoms with Crippen LogP contribution in [-0.2, 0) is 0 Å². The Labute approximate surface area is 84.5 Å². The van der Waals surface area contributed by atoms with E-state index in [1.165, 1.54) is 6.33 Å². The number of hydrogen-bond acceptors (Lipinski definition) is 5. The maximum absolute atomic E-state index is 5.10. The second-order valence-electron chi connectivity index (χ2n) is 3.03. The molecule has 0 amide bonds. The average Bonchev–Trinajstić information content (AvgIpc) is 2.76. The average molecular weight is 201 g/mol. The van der Waals surface area contributed by atoms with Crippen LogP contribution in [0.25, 0.3) is 16.8 Å². The van der Waals surface area contributed by atoms with Crippen LogP contribution in [0, 0.1) is 0 Å². The van der Waals surface area contributed by atoms with E-state index in [0.29, 0.717) is 5.78 Å². The van der Waals surface area contributed by atoms with Gasteiger partial charge in [-0.15, -0.1) is 10.2 Å². The van der Waals surface area contributed by atoms with Crippen LogP contribution in [0.2, 0.25) is 0 Å². The van der Waals surface area contributed by atoms with Gasteiger partial charge in [0, 0.05) is 6.07 Å².